The molecule has 0 radical (unpaired) electrons. The van der Waals surface area contributed by atoms with Gasteiger partial charge in [-0.15, -0.1) is 0 Å². The third kappa shape index (κ3) is 6.88. The van der Waals surface area contributed by atoms with E-state index in [2.05, 4.69) is 36.9 Å². The van der Waals surface area contributed by atoms with Gasteiger partial charge in [0.15, 0.2) is 0 Å². The monoisotopic (exact) mass is 619 g/mol. The molecular formula is C36H50FN5O3. The quantitative estimate of drug-likeness (QED) is 0.302. The first-order chi connectivity index (χ1) is 21.1. The van der Waals surface area contributed by atoms with Crippen LogP contribution in [0.1, 0.15) is 82.8 Å². The fourth-order valence-electron chi connectivity index (χ4n) is 7.24. The van der Waals surface area contributed by atoms with Gasteiger partial charge < -0.3 is 19.1 Å². The van der Waals surface area contributed by atoms with Gasteiger partial charge in [-0.2, -0.15) is 0 Å². The van der Waals surface area contributed by atoms with Crippen LogP contribution in [0.4, 0.5) is 9.18 Å². The zero-order valence-corrected chi connectivity index (χ0v) is 28.5. The number of benzene rings is 1. The third-order valence-corrected chi connectivity index (χ3v) is 9.62. The zero-order chi connectivity index (χ0) is 32.8. The molecule has 0 aliphatic carbocycles. The average molecular weight is 620 g/mol. The first-order valence-electron chi connectivity index (χ1n) is 16.3. The van der Waals surface area contributed by atoms with Crippen molar-refractivity contribution in [3.05, 3.63) is 59.3 Å². The number of amides is 2. The highest BCUT2D eigenvalue weighted by Crippen LogP contribution is 2.38. The molecule has 2 fully saturated rings. The van der Waals surface area contributed by atoms with E-state index in [0.717, 1.165) is 48.8 Å². The van der Waals surface area contributed by atoms with E-state index in [1.807, 2.05) is 56.5 Å². The number of rotatable bonds is 6. The molecule has 5 rings (SSSR count). The molecule has 9 heteroatoms. The minimum atomic E-state index is -0.504. The molecule has 2 aliphatic rings. The molecule has 244 valence electrons. The Labute approximate surface area is 267 Å². The molecule has 3 aromatic rings. The second-order valence-electron chi connectivity index (χ2n) is 15.1. The normalized spacial score (nSPS) is 20.6. The summed E-state index contributed by atoms with van der Waals surface area (Å²) in [4.78, 5) is 36.9. The summed E-state index contributed by atoms with van der Waals surface area (Å²) in [6.07, 6.45) is 8.56. The standard InChI is InChI=1S/C36H50FN5O3/c1-23(2)39(9)33(43)28-17-27(37)10-11-29(28)42-21-26(32-24(3)18-38-19-30(32)42)16-25-12-14-40(20-25)31-13-15-41(22-36(31,7)8)34(44)45-35(4,5)6/h10-11,17-19,21,23,25,31H,12-16,20,22H2,1-9H3/t25-,31?/m0/s1. The van der Waals surface area contributed by atoms with Crippen LogP contribution in [0.15, 0.2) is 36.8 Å². The fourth-order valence-corrected chi connectivity index (χ4v) is 7.24. The number of piperidine rings is 1. The van der Waals surface area contributed by atoms with Crippen molar-refractivity contribution in [3.63, 3.8) is 0 Å². The minimum Gasteiger partial charge on any atom is -0.444 e. The van der Waals surface area contributed by atoms with E-state index < -0.39 is 11.4 Å². The van der Waals surface area contributed by atoms with Gasteiger partial charge in [-0.3, -0.25) is 14.7 Å². The molecule has 2 atom stereocenters. The smallest absolute Gasteiger partial charge is 0.410 e. The summed E-state index contributed by atoms with van der Waals surface area (Å²) >= 11 is 0. The number of carbonyl (C=O) groups is 2. The van der Waals surface area contributed by atoms with Gasteiger partial charge in [0.1, 0.15) is 11.4 Å². The number of aryl methyl sites for hydroxylation is 1. The lowest BCUT2D eigenvalue weighted by Gasteiger charge is -2.48. The van der Waals surface area contributed by atoms with Gasteiger partial charge >= 0.3 is 6.09 Å². The van der Waals surface area contributed by atoms with Crippen molar-refractivity contribution in [2.24, 2.45) is 11.3 Å². The number of carbonyl (C=O) groups excluding carboxylic acids is 2. The van der Waals surface area contributed by atoms with Gasteiger partial charge in [-0.05, 0) is 108 Å². The number of nitrogens with zero attached hydrogens (tertiary/aromatic N) is 5. The lowest BCUT2D eigenvalue weighted by molar-refractivity contribution is -0.0161. The molecule has 1 unspecified atom stereocenters. The van der Waals surface area contributed by atoms with E-state index >= 15 is 0 Å². The maximum Gasteiger partial charge on any atom is 0.410 e. The molecule has 2 amide bonds. The summed E-state index contributed by atoms with van der Waals surface area (Å²) in [6.45, 7) is 19.6. The maximum absolute atomic E-state index is 14.5. The fraction of sp³-hybridized carbons (Fsp3) is 0.583. The van der Waals surface area contributed by atoms with Crippen molar-refractivity contribution in [1.29, 1.82) is 0 Å². The van der Waals surface area contributed by atoms with Crippen molar-refractivity contribution in [3.8, 4) is 5.69 Å². The third-order valence-electron chi connectivity index (χ3n) is 9.62. The SMILES string of the molecule is Cc1cncc2c1c(C[C@@H]1CCN(C3CCN(C(=O)OC(C)(C)C)CC3(C)C)C1)cn2-c1ccc(F)cc1C(=O)N(C)C(C)C. The first kappa shape index (κ1) is 32.9. The van der Waals surface area contributed by atoms with Crippen LogP contribution in [0.25, 0.3) is 16.6 Å². The number of hydrogen-bond acceptors (Lipinski definition) is 5. The number of likely N-dealkylation sites (tertiary alicyclic amines) is 2. The molecule has 0 bridgehead atoms. The Morgan fingerprint density at radius 3 is 2.56 bits per heavy atom. The summed E-state index contributed by atoms with van der Waals surface area (Å²) in [7, 11) is 1.75. The average Bonchev–Trinajstić information content (AvgIpc) is 3.56. The molecule has 4 heterocycles. The van der Waals surface area contributed by atoms with Crippen LogP contribution >= 0.6 is 0 Å². The summed E-state index contributed by atoms with van der Waals surface area (Å²) < 4.78 is 22.2. The lowest BCUT2D eigenvalue weighted by Crippen LogP contribution is -2.57. The highest BCUT2D eigenvalue weighted by Gasteiger charge is 2.43. The van der Waals surface area contributed by atoms with Crippen molar-refractivity contribution < 1.29 is 18.7 Å². The Bertz CT molecular complexity index is 1570. The summed E-state index contributed by atoms with van der Waals surface area (Å²) in [5.74, 6) is -0.177. The van der Waals surface area contributed by atoms with E-state index in [1.54, 1.807) is 18.0 Å². The van der Waals surface area contributed by atoms with Crippen LogP contribution < -0.4 is 0 Å². The van der Waals surface area contributed by atoms with Gasteiger partial charge in [0.2, 0.25) is 0 Å². The Hall–Kier alpha value is -3.46. The van der Waals surface area contributed by atoms with Crippen LogP contribution in [-0.2, 0) is 11.2 Å². The predicted molar refractivity (Wildman–Crippen MR) is 176 cm³/mol. The van der Waals surface area contributed by atoms with Crippen molar-refractivity contribution in [1.82, 2.24) is 24.3 Å². The van der Waals surface area contributed by atoms with E-state index in [1.165, 1.54) is 17.7 Å². The highest BCUT2D eigenvalue weighted by atomic mass is 19.1. The maximum atomic E-state index is 14.5. The molecular weight excluding hydrogens is 569 g/mol. The Morgan fingerprint density at radius 1 is 1.16 bits per heavy atom. The highest BCUT2D eigenvalue weighted by molar-refractivity contribution is 5.99. The molecule has 2 aromatic heterocycles. The molecule has 8 nitrogen and oxygen atoms in total. The summed E-state index contributed by atoms with van der Waals surface area (Å²) in [6, 6.07) is 4.83. The van der Waals surface area contributed by atoms with Crippen LogP contribution in [0.5, 0.6) is 0 Å². The van der Waals surface area contributed by atoms with Crippen LogP contribution in [0.3, 0.4) is 0 Å². The number of pyridine rings is 1. The van der Waals surface area contributed by atoms with Crippen LogP contribution in [0, 0.1) is 24.1 Å². The molecule has 0 saturated carbocycles. The second-order valence-corrected chi connectivity index (χ2v) is 15.1. The largest absolute Gasteiger partial charge is 0.444 e. The van der Waals surface area contributed by atoms with Crippen molar-refractivity contribution in [2.45, 2.75) is 92.3 Å². The number of fused-ring (bicyclic) bond motifs is 1. The zero-order valence-electron chi connectivity index (χ0n) is 28.5. The van der Waals surface area contributed by atoms with Crippen LogP contribution in [0.2, 0.25) is 0 Å². The minimum absolute atomic E-state index is 0.0191. The van der Waals surface area contributed by atoms with Gasteiger partial charge in [-0.1, -0.05) is 13.8 Å². The summed E-state index contributed by atoms with van der Waals surface area (Å²) in [5.41, 5.74) is 3.65. The van der Waals surface area contributed by atoms with E-state index in [-0.39, 0.29) is 23.5 Å². The van der Waals surface area contributed by atoms with Crippen molar-refractivity contribution in [2.75, 3.05) is 33.2 Å². The molecule has 45 heavy (non-hydrogen) atoms. The number of aromatic nitrogens is 2. The van der Waals surface area contributed by atoms with Crippen molar-refractivity contribution >= 4 is 22.9 Å². The molecule has 0 N–H and O–H groups in total. The van der Waals surface area contributed by atoms with E-state index in [4.69, 9.17) is 4.74 Å². The molecule has 1 aromatic carbocycles. The van der Waals surface area contributed by atoms with Gasteiger partial charge in [0.05, 0.1) is 23.0 Å². The van der Waals surface area contributed by atoms with Gasteiger partial charge in [0, 0.05) is 56.5 Å². The summed E-state index contributed by atoms with van der Waals surface area (Å²) in [5, 5.41) is 1.15. The Kier molecular flexibility index (Phi) is 9.06. The molecule has 0 spiro atoms. The van der Waals surface area contributed by atoms with Gasteiger partial charge in [-0.25, -0.2) is 9.18 Å². The first-order valence-corrected chi connectivity index (χ1v) is 16.3. The number of hydrogen-bond donors (Lipinski definition) is 0. The predicted octanol–water partition coefficient (Wildman–Crippen LogP) is 6.85. The lowest BCUT2D eigenvalue weighted by atomic mass is 9.78. The molecule has 2 saturated heterocycles. The molecule has 2 aliphatic heterocycles. The Balaban J connectivity index is 1.38. The second kappa shape index (κ2) is 12.4. The van der Waals surface area contributed by atoms with E-state index in [0.29, 0.717) is 36.3 Å². The van der Waals surface area contributed by atoms with Gasteiger partial charge in [0.25, 0.3) is 5.91 Å². The number of halogens is 1. The van der Waals surface area contributed by atoms with E-state index in [9.17, 15) is 14.0 Å². The number of ether oxygens (including phenoxy) is 1. The Morgan fingerprint density at radius 2 is 1.89 bits per heavy atom. The van der Waals surface area contributed by atoms with Crippen LogP contribution in [-0.4, -0.2) is 87.2 Å². The topological polar surface area (TPSA) is 70.9 Å².